The van der Waals surface area contributed by atoms with Gasteiger partial charge in [-0.2, -0.15) is 0 Å². The Kier molecular flexibility index (Phi) is 7.49. The van der Waals surface area contributed by atoms with Gasteiger partial charge in [0.05, 0.1) is 6.04 Å². The molecule has 0 fully saturated rings. The molecule has 35 heavy (non-hydrogen) atoms. The minimum absolute atomic E-state index is 0.109. The van der Waals surface area contributed by atoms with E-state index in [4.69, 9.17) is 4.74 Å². The number of carbonyl (C=O) groups excluding carboxylic acids is 2. The topological polar surface area (TPSA) is 58.6 Å². The van der Waals surface area contributed by atoms with Gasteiger partial charge in [-0.25, -0.2) is 4.39 Å². The fourth-order valence-corrected chi connectivity index (χ4v) is 4.48. The van der Waals surface area contributed by atoms with Crippen LogP contribution in [0.1, 0.15) is 54.1 Å². The van der Waals surface area contributed by atoms with Crippen LogP contribution in [-0.4, -0.2) is 29.4 Å². The van der Waals surface area contributed by atoms with Crippen LogP contribution in [0, 0.1) is 12.7 Å². The van der Waals surface area contributed by atoms with Crippen molar-refractivity contribution in [2.45, 2.75) is 52.3 Å². The van der Waals surface area contributed by atoms with Crippen molar-refractivity contribution in [1.29, 1.82) is 0 Å². The van der Waals surface area contributed by atoms with E-state index in [1.165, 1.54) is 17.7 Å². The van der Waals surface area contributed by atoms with Crippen LogP contribution in [0.5, 0.6) is 5.75 Å². The van der Waals surface area contributed by atoms with Gasteiger partial charge in [0.1, 0.15) is 11.6 Å². The second kappa shape index (κ2) is 10.7. The second-order valence-corrected chi connectivity index (χ2v) is 8.97. The smallest absolute Gasteiger partial charge is 0.261 e. The monoisotopic (exact) mass is 474 g/mol. The van der Waals surface area contributed by atoms with Gasteiger partial charge in [0.15, 0.2) is 6.10 Å². The van der Waals surface area contributed by atoms with Gasteiger partial charge in [-0.15, -0.1) is 0 Å². The Morgan fingerprint density at radius 2 is 1.89 bits per heavy atom. The highest BCUT2D eigenvalue weighted by Crippen LogP contribution is 2.37. The molecule has 4 rings (SSSR count). The molecular formula is C29H31FN2O3. The maximum absolute atomic E-state index is 13.4. The summed E-state index contributed by atoms with van der Waals surface area (Å²) in [6.07, 6.45) is 0.473. The lowest BCUT2D eigenvalue weighted by molar-refractivity contribution is -0.133. The lowest BCUT2D eigenvalue weighted by Crippen LogP contribution is -2.40. The third-order valence-electron chi connectivity index (χ3n) is 6.40. The van der Waals surface area contributed by atoms with E-state index in [1.54, 1.807) is 19.1 Å². The highest BCUT2D eigenvalue weighted by molar-refractivity contribution is 5.80. The number of fused-ring (bicyclic) bond motifs is 1. The number of amides is 2. The predicted octanol–water partition coefficient (Wildman–Crippen LogP) is 5.10. The minimum atomic E-state index is -0.739. The van der Waals surface area contributed by atoms with Gasteiger partial charge in [0, 0.05) is 19.5 Å². The summed E-state index contributed by atoms with van der Waals surface area (Å²) < 4.78 is 19.4. The number of ether oxygens (including phenoxy) is 1. The summed E-state index contributed by atoms with van der Waals surface area (Å²) in [5.41, 5.74) is 5.09. The Balaban J connectivity index is 1.54. The van der Waals surface area contributed by atoms with Gasteiger partial charge in [-0.05, 0) is 66.8 Å². The molecule has 0 aliphatic carbocycles. The van der Waals surface area contributed by atoms with Gasteiger partial charge < -0.3 is 15.0 Å². The Morgan fingerprint density at radius 3 is 2.60 bits per heavy atom. The highest BCUT2D eigenvalue weighted by atomic mass is 19.1. The number of halogens is 1. The summed E-state index contributed by atoms with van der Waals surface area (Å²) in [5.74, 6) is 0.0522. The van der Waals surface area contributed by atoms with E-state index in [0.717, 1.165) is 23.1 Å². The zero-order valence-electron chi connectivity index (χ0n) is 20.4. The van der Waals surface area contributed by atoms with Crippen molar-refractivity contribution in [2.75, 3.05) is 6.54 Å². The maximum atomic E-state index is 13.4. The lowest BCUT2D eigenvalue weighted by atomic mass is 9.87. The molecule has 182 valence electrons. The molecule has 1 N–H and O–H groups in total. The molecule has 1 aliphatic heterocycles. The van der Waals surface area contributed by atoms with Crippen molar-refractivity contribution in [3.05, 3.63) is 100 Å². The van der Waals surface area contributed by atoms with Gasteiger partial charge >= 0.3 is 0 Å². The highest BCUT2D eigenvalue weighted by Gasteiger charge is 2.32. The number of nitrogens with one attached hydrogen (secondary N) is 1. The van der Waals surface area contributed by atoms with E-state index in [9.17, 15) is 14.0 Å². The molecule has 3 aromatic carbocycles. The zero-order chi connectivity index (χ0) is 24.9. The fourth-order valence-electron chi connectivity index (χ4n) is 4.48. The molecule has 0 radical (unpaired) electrons. The van der Waals surface area contributed by atoms with E-state index in [1.807, 2.05) is 36.9 Å². The van der Waals surface area contributed by atoms with Crippen LogP contribution < -0.4 is 10.1 Å². The van der Waals surface area contributed by atoms with Crippen molar-refractivity contribution < 1.29 is 18.7 Å². The molecular weight excluding hydrogens is 443 g/mol. The van der Waals surface area contributed by atoms with Gasteiger partial charge in [-0.1, -0.05) is 55.0 Å². The van der Waals surface area contributed by atoms with Crippen LogP contribution in [0.2, 0.25) is 0 Å². The molecule has 0 bridgehead atoms. The summed E-state index contributed by atoms with van der Waals surface area (Å²) >= 11 is 0. The molecule has 3 aromatic rings. The molecule has 2 atom stereocenters. The van der Waals surface area contributed by atoms with Crippen molar-refractivity contribution in [1.82, 2.24) is 10.2 Å². The first kappa shape index (κ1) is 24.5. The quantitative estimate of drug-likeness (QED) is 0.518. The molecule has 5 nitrogen and oxygen atoms in total. The lowest BCUT2D eigenvalue weighted by Gasteiger charge is -2.38. The summed E-state index contributed by atoms with van der Waals surface area (Å²) in [7, 11) is 0. The van der Waals surface area contributed by atoms with Crippen LogP contribution in [0.15, 0.2) is 66.7 Å². The number of carbonyl (C=O) groups is 2. The van der Waals surface area contributed by atoms with E-state index < -0.39 is 6.10 Å². The van der Waals surface area contributed by atoms with E-state index in [-0.39, 0.29) is 30.2 Å². The average Bonchev–Trinajstić information content (AvgIpc) is 2.86. The Morgan fingerprint density at radius 1 is 1.11 bits per heavy atom. The number of hydrogen-bond donors (Lipinski definition) is 1. The SMILES string of the molecule is CCC(=O)N1CCc2ccc(O[C@H](C)C(=O)NCc3cccc(F)c3)cc2[C@H]1c1ccc(C)cc1. The first-order valence-electron chi connectivity index (χ1n) is 12.0. The van der Waals surface area contributed by atoms with Crippen molar-refractivity contribution >= 4 is 11.8 Å². The Bertz CT molecular complexity index is 1210. The standard InChI is InChI=1S/C29H31FN2O3/c1-4-27(33)32-15-14-22-12-13-25(17-26(22)28(32)23-10-8-19(2)9-11-23)35-20(3)29(34)31-18-21-6-5-7-24(30)16-21/h5-13,16-17,20,28H,4,14-15,18H2,1-3H3,(H,31,34)/t20-,28-/m1/s1. The Labute approximate surface area is 205 Å². The molecule has 6 heteroatoms. The molecule has 0 saturated heterocycles. The third-order valence-corrected chi connectivity index (χ3v) is 6.40. The summed E-state index contributed by atoms with van der Waals surface area (Å²) in [6.45, 7) is 6.49. The van der Waals surface area contributed by atoms with Gasteiger partial charge in [0.2, 0.25) is 5.91 Å². The largest absolute Gasteiger partial charge is 0.481 e. The van der Waals surface area contributed by atoms with Crippen LogP contribution >= 0.6 is 0 Å². The molecule has 0 unspecified atom stereocenters. The predicted molar refractivity (Wildman–Crippen MR) is 134 cm³/mol. The van der Waals surface area contributed by atoms with Crippen LogP contribution in [0.25, 0.3) is 0 Å². The molecule has 0 aromatic heterocycles. The molecule has 0 saturated carbocycles. The zero-order valence-corrected chi connectivity index (χ0v) is 20.4. The van der Waals surface area contributed by atoms with Gasteiger partial charge in [0.25, 0.3) is 5.91 Å². The maximum Gasteiger partial charge on any atom is 0.261 e. The van der Waals surface area contributed by atoms with Crippen molar-refractivity contribution in [3.8, 4) is 5.75 Å². The normalized spacial score (nSPS) is 15.8. The van der Waals surface area contributed by atoms with Crippen LogP contribution in [0.3, 0.4) is 0 Å². The third kappa shape index (κ3) is 5.70. The first-order chi connectivity index (χ1) is 16.9. The van der Waals surface area contributed by atoms with Crippen molar-refractivity contribution in [2.24, 2.45) is 0 Å². The average molecular weight is 475 g/mol. The van der Waals surface area contributed by atoms with Crippen LogP contribution in [0.4, 0.5) is 4.39 Å². The van der Waals surface area contributed by atoms with E-state index in [0.29, 0.717) is 24.3 Å². The van der Waals surface area contributed by atoms with Gasteiger partial charge in [-0.3, -0.25) is 9.59 Å². The fraction of sp³-hybridized carbons (Fsp3) is 0.310. The molecule has 0 spiro atoms. The van der Waals surface area contributed by atoms with Crippen molar-refractivity contribution in [3.63, 3.8) is 0 Å². The number of benzene rings is 3. The second-order valence-electron chi connectivity index (χ2n) is 8.97. The molecule has 1 heterocycles. The summed E-state index contributed by atoms with van der Waals surface area (Å²) in [4.78, 5) is 27.4. The molecule has 2 amide bonds. The first-order valence-corrected chi connectivity index (χ1v) is 12.0. The number of aryl methyl sites for hydroxylation is 1. The summed E-state index contributed by atoms with van der Waals surface area (Å²) in [6, 6.07) is 20.0. The number of hydrogen-bond acceptors (Lipinski definition) is 3. The Hall–Kier alpha value is -3.67. The number of nitrogens with zero attached hydrogens (tertiary/aromatic N) is 1. The number of rotatable bonds is 7. The summed E-state index contributed by atoms with van der Waals surface area (Å²) in [5, 5.41) is 2.79. The van der Waals surface area contributed by atoms with Crippen LogP contribution in [-0.2, 0) is 22.6 Å². The van der Waals surface area contributed by atoms with E-state index >= 15 is 0 Å². The van der Waals surface area contributed by atoms with E-state index in [2.05, 4.69) is 29.6 Å². The minimum Gasteiger partial charge on any atom is -0.481 e. The molecule has 1 aliphatic rings.